The molecule has 7 heteroatoms. The number of aliphatic hydroxyl groups is 1. The number of fused-ring (bicyclic) bond motifs is 1. The molecule has 1 saturated carbocycles. The first kappa shape index (κ1) is 23.3. The van der Waals surface area contributed by atoms with Crippen LogP contribution in [0.2, 0.25) is 5.02 Å². The molecule has 0 aliphatic heterocycles. The van der Waals surface area contributed by atoms with E-state index in [9.17, 15) is 5.11 Å². The minimum atomic E-state index is -0.577. The monoisotopic (exact) mass is 456 g/mol. The van der Waals surface area contributed by atoms with Crippen molar-refractivity contribution in [3.8, 4) is 0 Å². The van der Waals surface area contributed by atoms with Crippen molar-refractivity contribution in [3.05, 3.63) is 69.7 Å². The number of rotatable bonds is 6. The Labute approximate surface area is 194 Å². The molecule has 162 valence electrons. The van der Waals surface area contributed by atoms with Gasteiger partial charge in [0.25, 0.3) is 0 Å². The second-order valence-corrected chi connectivity index (χ2v) is 8.61. The van der Waals surface area contributed by atoms with E-state index < -0.39 is 5.60 Å². The number of nitrogens with zero attached hydrogens (tertiary/aromatic N) is 3. The van der Waals surface area contributed by atoms with Crippen LogP contribution in [0.1, 0.15) is 48.9 Å². The lowest BCUT2D eigenvalue weighted by molar-refractivity contribution is 0.0389. The quantitative estimate of drug-likeness (QED) is 0.420. The fraction of sp³-hybridized carbons (Fsp3) is 0.375. The fourth-order valence-electron chi connectivity index (χ4n) is 4.15. The van der Waals surface area contributed by atoms with Crippen molar-refractivity contribution in [2.24, 2.45) is 0 Å². The maximum atomic E-state index is 10.7. The number of halogens is 2. The van der Waals surface area contributed by atoms with Gasteiger partial charge in [0, 0.05) is 22.3 Å². The molecule has 31 heavy (non-hydrogen) atoms. The van der Waals surface area contributed by atoms with Crippen LogP contribution in [-0.4, -0.2) is 20.9 Å². The summed E-state index contributed by atoms with van der Waals surface area (Å²) in [6, 6.07) is 11.6. The summed E-state index contributed by atoms with van der Waals surface area (Å²) in [6.45, 7) is 9.90. The largest absolute Gasteiger partial charge is 0.390 e. The van der Waals surface area contributed by atoms with E-state index in [1.165, 1.54) is 0 Å². The molecule has 0 radical (unpaired) electrons. The highest BCUT2D eigenvalue weighted by atomic mass is 35.5. The lowest BCUT2D eigenvalue weighted by Gasteiger charge is -2.22. The first-order valence-electron chi connectivity index (χ1n) is 10.4. The Morgan fingerprint density at radius 3 is 2.61 bits per heavy atom. The van der Waals surface area contributed by atoms with Crippen molar-refractivity contribution in [2.75, 3.05) is 5.32 Å². The van der Waals surface area contributed by atoms with Gasteiger partial charge in [-0.2, -0.15) is 5.10 Å². The molecule has 5 nitrogen and oxygen atoms in total. The maximum absolute atomic E-state index is 10.7. The zero-order chi connectivity index (χ0) is 21.1. The number of hydrogen-bond donors (Lipinski definition) is 2. The minimum Gasteiger partial charge on any atom is -0.390 e. The predicted octanol–water partition coefficient (Wildman–Crippen LogP) is 6.41. The molecule has 2 N–H and O–H groups in total. The lowest BCUT2D eigenvalue weighted by Crippen LogP contribution is -2.24. The molecule has 1 aliphatic carbocycles. The summed E-state index contributed by atoms with van der Waals surface area (Å²) in [6.07, 6.45) is 5.26. The molecule has 1 aromatic heterocycles. The van der Waals surface area contributed by atoms with Crippen LogP contribution >= 0.6 is 24.0 Å². The van der Waals surface area contributed by atoms with Gasteiger partial charge in [0.2, 0.25) is 0 Å². The van der Waals surface area contributed by atoms with Crippen LogP contribution in [0.5, 0.6) is 0 Å². The SMILES string of the molecule is Cl.[C-]#[N+]c1ccc2c(CCC3(O)CCCC3)nnc(NCc3ccc(C)c(Cl)c3)c2c1. The topological polar surface area (TPSA) is 62.4 Å². The third-order valence-corrected chi connectivity index (χ3v) is 6.43. The van der Waals surface area contributed by atoms with E-state index in [-0.39, 0.29) is 12.4 Å². The van der Waals surface area contributed by atoms with Crippen LogP contribution in [0, 0.1) is 13.5 Å². The van der Waals surface area contributed by atoms with Crippen molar-refractivity contribution in [1.82, 2.24) is 10.2 Å². The van der Waals surface area contributed by atoms with Crippen LogP contribution in [-0.2, 0) is 13.0 Å². The molecule has 0 saturated heterocycles. The molecule has 0 unspecified atom stereocenters. The maximum Gasteiger partial charge on any atom is 0.188 e. The number of aromatic nitrogens is 2. The van der Waals surface area contributed by atoms with Crippen molar-refractivity contribution in [3.63, 3.8) is 0 Å². The van der Waals surface area contributed by atoms with Crippen LogP contribution in [0.15, 0.2) is 36.4 Å². The number of anilines is 1. The van der Waals surface area contributed by atoms with E-state index in [0.29, 0.717) is 30.9 Å². The molecule has 4 rings (SSSR count). The van der Waals surface area contributed by atoms with Crippen molar-refractivity contribution < 1.29 is 5.11 Å². The Bertz CT molecular complexity index is 1120. The van der Waals surface area contributed by atoms with Crippen LogP contribution < -0.4 is 5.32 Å². The van der Waals surface area contributed by atoms with Gasteiger partial charge in [0.1, 0.15) is 0 Å². The predicted molar refractivity (Wildman–Crippen MR) is 128 cm³/mol. The van der Waals surface area contributed by atoms with E-state index in [1.54, 1.807) is 0 Å². The first-order chi connectivity index (χ1) is 14.5. The summed E-state index contributed by atoms with van der Waals surface area (Å²) < 4.78 is 0. The molecule has 1 fully saturated rings. The van der Waals surface area contributed by atoms with Crippen molar-refractivity contribution in [2.45, 2.75) is 57.6 Å². The molecule has 0 amide bonds. The third kappa shape index (κ3) is 5.27. The van der Waals surface area contributed by atoms with Gasteiger partial charge in [-0.05, 0) is 55.9 Å². The summed E-state index contributed by atoms with van der Waals surface area (Å²) in [5.74, 6) is 0.649. The second kappa shape index (κ2) is 9.82. The zero-order valence-corrected chi connectivity index (χ0v) is 19.1. The minimum absolute atomic E-state index is 0. The van der Waals surface area contributed by atoms with E-state index in [2.05, 4.69) is 20.4 Å². The van der Waals surface area contributed by atoms with Gasteiger partial charge < -0.3 is 10.4 Å². The van der Waals surface area contributed by atoms with E-state index in [1.807, 2.05) is 43.3 Å². The Morgan fingerprint density at radius 2 is 1.90 bits per heavy atom. The van der Waals surface area contributed by atoms with Gasteiger partial charge in [0.15, 0.2) is 11.5 Å². The van der Waals surface area contributed by atoms with Gasteiger partial charge >= 0.3 is 0 Å². The second-order valence-electron chi connectivity index (χ2n) is 8.21. The number of benzene rings is 2. The Kier molecular flexibility index (Phi) is 7.38. The van der Waals surface area contributed by atoms with Gasteiger partial charge in [-0.3, -0.25) is 0 Å². The fourth-order valence-corrected chi connectivity index (χ4v) is 4.35. The Balaban J connectivity index is 0.00000272. The van der Waals surface area contributed by atoms with Crippen LogP contribution in [0.4, 0.5) is 11.5 Å². The zero-order valence-electron chi connectivity index (χ0n) is 17.5. The summed E-state index contributed by atoms with van der Waals surface area (Å²) in [4.78, 5) is 3.57. The average Bonchev–Trinajstić information content (AvgIpc) is 3.19. The number of hydrogen-bond acceptors (Lipinski definition) is 4. The van der Waals surface area contributed by atoms with Gasteiger partial charge in [-0.25, -0.2) is 4.85 Å². The number of aryl methyl sites for hydroxylation is 2. The summed E-state index contributed by atoms with van der Waals surface area (Å²) in [5.41, 5.74) is 2.95. The molecule has 3 aromatic rings. The standard InChI is InChI=1S/C24H25ClN4O.ClH/c1-16-5-6-17(13-21(16)25)15-27-23-20-14-18(26-2)7-8-19(20)22(28-29-23)9-12-24(30)10-3-4-11-24;/h5-8,13-14,30H,3-4,9-12,15H2,1H3,(H,27,29);1H. The summed E-state index contributed by atoms with van der Waals surface area (Å²) in [5, 5.41) is 25.5. The van der Waals surface area contributed by atoms with Gasteiger partial charge in [0.05, 0.1) is 17.9 Å². The first-order valence-corrected chi connectivity index (χ1v) is 10.7. The van der Waals surface area contributed by atoms with Gasteiger partial charge in [-0.1, -0.05) is 48.7 Å². The molecular formula is C24H26Cl2N4O. The molecule has 1 aliphatic rings. The molecular weight excluding hydrogens is 431 g/mol. The highest BCUT2D eigenvalue weighted by molar-refractivity contribution is 6.31. The Morgan fingerprint density at radius 1 is 1.13 bits per heavy atom. The smallest absolute Gasteiger partial charge is 0.188 e. The normalized spacial score (nSPS) is 14.8. The average molecular weight is 457 g/mol. The summed E-state index contributed by atoms with van der Waals surface area (Å²) >= 11 is 6.24. The lowest BCUT2D eigenvalue weighted by atomic mass is 9.94. The summed E-state index contributed by atoms with van der Waals surface area (Å²) in [7, 11) is 0. The molecule has 1 heterocycles. The highest BCUT2D eigenvalue weighted by Gasteiger charge is 2.30. The van der Waals surface area contributed by atoms with Crippen LogP contribution in [0.3, 0.4) is 0 Å². The molecule has 0 atom stereocenters. The van der Waals surface area contributed by atoms with E-state index in [0.717, 1.165) is 58.3 Å². The van der Waals surface area contributed by atoms with Gasteiger partial charge in [-0.15, -0.1) is 17.5 Å². The van der Waals surface area contributed by atoms with Crippen molar-refractivity contribution in [1.29, 1.82) is 0 Å². The number of nitrogens with one attached hydrogen (secondary N) is 1. The van der Waals surface area contributed by atoms with Crippen molar-refractivity contribution >= 4 is 46.3 Å². The molecule has 0 spiro atoms. The highest BCUT2D eigenvalue weighted by Crippen LogP contribution is 2.35. The Hall–Kier alpha value is -2.39. The molecule has 0 bridgehead atoms. The van der Waals surface area contributed by atoms with E-state index in [4.69, 9.17) is 18.2 Å². The molecule has 2 aromatic carbocycles. The van der Waals surface area contributed by atoms with E-state index >= 15 is 0 Å². The van der Waals surface area contributed by atoms with Crippen LogP contribution in [0.25, 0.3) is 15.6 Å². The third-order valence-electron chi connectivity index (χ3n) is 6.03.